The van der Waals surface area contributed by atoms with Crippen molar-refractivity contribution < 1.29 is 13.2 Å². The molecule has 0 radical (unpaired) electrons. The maximum absolute atomic E-state index is 12.5. The molecule has 2 amide bonds. The minimum absolute atomic E-state index is 0.0627. The van der Waals surface area contributed by atoms with Gasteiger partial charge in [0.25, 0.3) is 10.0 Å². The molecule has 2 saturated heterocycles. The van der Waals surface area contributed by atoms with Gasteiger partial charge in [0.2, 0.25) is 0 Å². The van der Waals surface area contributed by atoms with E-state index in [1.54, 1.807) is 29.2 Å². The van der Waals surface area contributed by atoms with Crippen molar-refractivity contribution in [1.29, 1.82) is 0 Å². The van der Waals surface area contributed by atoms with Crippen LogP contribution < -0.4 is 0 Å². The SMILES string of the molecule is Cc1ccc(S(=O)(=O)N2C[C@H]3CCCN3C2=O)cc1. The highest BCUT2D eigenvalue weighted by Crippen LogP contribution is 2.30. The first-order valence-electron chi connectivity index (χ1n) is 6.40. The third kappa shape index (κ3) is 1.90. The molecule has 19 heavy (non-hydrogen) atoms. The first kappa shape index (κ1) is 12.5. The highest BCUT2D eigenvalue weighted by molar-refractivity contribution is 7.89. The highest BCUT2D eigenvalue weighted by atomic mass is 32.2. The monoisotopic (exact) mass is 280 g/mol. The molecular formula is C13H16N2O3S. The molecule has 0 N–H and O–H groups in total. The Bertz CT molecular complexity index is 609. The molecular weight excluding hydrogens is 264 g/mol. The summed E-state index contributed by atoms with van der Waals surface area (Å²) in [6, 6.07) is 6.29. The minimum Gasteiger partial charge on any atom is -0.319 e. The van der Waals surface area contributed by atoms with Crippen LogP contribution >= 0.6 is 0 Å². The Morgan fingerprint density at radius 1 is 1.21 bits per heavy atom. The summed E-state index contributed by atoms with van der Waals surface area (Å²) in [4.78, 5) is 14.0. The number of urea groups is 1. The predicted octanol–water partition coefficient (Wildman–Crippen LogP) is 1.58. The van der Waals surface area contributed by atoms with Gasteiger partial charge in [-0.2, -0.15) is 0 Å². The molecule has 0 aliphatic carbocycles. The molecule has 0 bridgehead atoms. The molecule has 102 valence electrons. The lowest BCUT2D eigenvalue weighted by atomic mass is 10.2. The van der Waals surface area contributed by atoms with Crippen molar-refractivity contribution in [3.8, 4) is 0 Å². The number of hydrogen-bond acceptors (Lipinski definition) is 3. The molecule has 3 rings (SSSR count). The second-order valence-corrected chi connectivity index (χ2v) is 6.98. The molecule has 6 heteroatoms. The molecule has 1 aromatic carbocycles. The summed E-state index contributed by atoms with van der Waals surface area (Å²) in [7, 11) is -3.70. The van der Waals surface area contributed by atoms with E-state index in [1.165, 1.54) is 0 Å². The third-order valence-electron chi connectivity index (χ3n) is 3.82. The number of carbonyl (C=O) groups excluding carboxylic acids is 1. The van der Waals surface area contributed by atoms with Crippen LogP contribution in [0.25, 0.3) is 0 Å². The largest absolute Gasteiger partial charge is 0.334 e. The standard InChI is InChI=1S/C13H16N2O3S/c1-10-4-6-12(7-5-10)19(17,18)15-9-11-3-2-8-14(11)13(15)16/h4-7,11H,2-3,8-9H2,1H3/t11-/m1/s1. The van der Waals surface area contributed by atoms with Crippen molar-refractivity contribution in [3.63, 3.8) is 0 Å². The van der Waals surface area contributed by atoms with Crippen molar-refractivity contribution in [2.24, 2.45) is 0 Å². The average molecular weight is 280 g/mol. The van der Waals surface area contributed by atoms with Gasteiger partial charge >= 0.3 is 6.03 Å². The smallest absolute Gasteiger partial charge is 0.319 e. The molecule has 0 aromatic heterocycles. The Hall–Kier alpha value is -1.56. The summed E-state index contributed by atoms with van der Waals surface area (Å²) in [5.74, 6) is 0. The molecule has 1 atom stereocenters. The zero-order valence-electron chi connectivity index (χ0n) is 10.7. The van der Waals surface area contributed by atoms with Gasteiger partial charge in [-0.25, -0.2) is 17.5 Å². The molecule has 5 nitrogen and oxygen atoms in total. The number of fused-ring (bicyclic) bond motifs is 1. The number of benzene rings is 1. The van der Waals surface area contributed by atoms with E-state index in [1.807, 2.05) is 6.92 Å². The van der Waals surface area contributed by atoms with Crippen molar-refractivity contribution in [1.82, 2.24) is 9.21 Å². The molecule has 0 saturated carbocycles. The Morgan fingerprint density at radius 2 is 1.89 bits per heavy atom. The van der Waals surface area contributed by atoms with Crippen molar-refractivity contribution in [2.45, 2.75) is 30.7 Å². The van der Waals surface area contributed by atoms with Gasteiger partial charge in [0.1, 0.15) is 0 Å². The topological polar surface area (TPSA) is 57.7 Å². The van der Waals surface area contributed by atoms with Crippen LogP contribution in [-0.4, -0.2) is 42.8 Å². The average Bonchev–Trinajstić information content (AvgIpc) is 2.93. The first-order valence-corrected chi connectivity index (χ1v) is 7.84. The van der Waals surface area contributed by atoms with Gasteiger partial charge in [0, 0.05) is 6.54 Å². The lowest BCUT2D eigenvalue weighted by Gasteiger charge is -2.17. The lowest BCUT2D eigenvalue weighted by Crippen LogP contribution is -2.36. The van der Waals surface area contributed by atoms with Gasteiger partial charge in [0.05, 0.1) is 17.5 Å². The van der Waals surface area contributed by atoms with E-state index in [2.05, 4.69) is 0 Å². The molecule has 2 aliphatic heterocycles. The maximum Gasteiger partial charge on any atom is 0.334 e. The van der Waals surface area contributed by atoms with Gasteiger partial charge in [-0.15, -0.1) is 0 Å². The van der Waals surface area contributed by atoms with E-state index in [0.717, 1.165) is 22.7 Å². The van der Waals surface area contributed by atoms with E-state index in [0.29, 0.717) is 6.54 Å². The number of rotatable bonds is 2. The van der Waals surface area contributed by atoms with Crippen molar-refractivity contribution in [3.05, 3.63) is 29.8 Å². The number of hydrogen-bond donors (Lipinski definition) is 0. The van der Waals surface area contributed by atoms with E-state index in [4.69, 9.17) is 0 Å². The van der Waals surface area contributed by atoms with Crippen LogP contribution in [0.5, 0.6) is 0 Å². The molecule has 2 fully saturated rings. The zero-order chi connectivity index (χ0) is 13.6. The van der Waals surface area contributed by atoms with E-state index >= 15 is 0 Å². The third-order valence-corrected chi connectivity index (χ3v) is 5.58. The van der Waals surface area contributed by atoms with Crippen LogP contribution in [0.1, 0.15) is 18.4 Å². The lowest BCUT2D eigenvalue weighted by molar-refractivity contribution is 0.207. The van der Waals surface area contributed by atoms with Gasteiger partial charge in [-0.3, -0.25) is 0 Å². The number of sulfonamides is 1. The summed E-state index contributed by atoms with van der Waals surface area (Å²) in [6.07, 6.45) is 1.86. The van der Waals surface area contributed by atoms with Gasteiger partial charge in [0.15, 0.2) is 0 Å². The van der Waals surface area contributed by atoms with Crippen LogP contribution in [0.4, 0.5) is 4.79 Å². The Kier molecular flexibility index (Phi) is 2.78. The number of aryl methyl sites for hydroxylation is 1. The number of amides is 2. The summed E-state index contributed by atoms with van der Waals surface area (Å²) < 4.78 is 25.9. The van der Waals surface area contributed by atoms with E-state index in [-0.39, 0.29) is 23.5 Å². The Morgan fingerprint density at radius 3 is 2.53 bits per heavy atom. The summed E-state index contributed by atoms with van der Waals surface area (Å²) >= 11 is 0. The zero-order valence-corrected chi connectivity index (χ0v) is 11.6. The van der Waals surface area contributed by atoms with Crippen LogP contribution in [0, 0.1) is 6.92 Å². The second-order valence-electron chi connectivity index (χ2n) is 5.12. The minimum atomic E-state index is -3.70. The summed E-state index contributed by atoms with van der Waals surface area (Å²) in [5.41, 5.74) is 0.993. The molecule has 0 spiro atoms. The Labute approximate surface area is 112 Å². The normalized spacial score (nSPS) is 23.0. The summed E-state index contributed by atoms with van der Waals surface area (Å²) in [5, 5.41) is 0. The van der Waals surface area contributed by atoms with E-state index < -0.39 is 10.0 Å². The van der Waals surface area contributed by atoms with Gasteiger partial charge < -0.3 is 4.90 Å². The molecule has 1 aromatic rings. The fourth-order valence-corrected chi connectivity index (χ4v) is 4.14. The highest BCUT2D eigenvalue weighted by Gasteiger charge is 2.45. The fourth-order valence-electron chi connectivity index (χ4n) is 2.73. The summed E-state index contributed by atoms with van der Waals surface area (Å²) in [6.45, 7) is 2.85. The second kappa shape index (κ2) is 4.23. The first-order chi connectivity index (χ1) is 9.00. The molecule has 0 unspecified atom stereocenters. The van der Waals surface area contributed by atoms with Crippen molar-refractivity contribution in [2.75, 3.05) is 13.1 Å². The molecule has 2 aliphatic rings. The van der Waals surface area contributed by atoms with Crippen LogP contribution in [0.15, 0.2) is 29.2 Å². The van der Waals surface area contributed by atoms with Crippen LogP contribution in [0.3, 0.4) is 0 Å². The Balaban J connectivity index is 1.93. The van der Waals surface area contributed by atoms with E-state index in [9.17, 15) is 13.2 Å². The molecule has 2 heterocycles. The maximum atomic E-state index is 12.5. The predicted molar refractivity (Wildman–Crippen MR) is 70.2 cm³/mol. The van der Waals surface area contributed by atoms with Crippen LogP contribution in [0.2, 0.25) is 0 Å². The number of carbonyl (C=O) groups is 1. The number of nitrogens with zero attached hydrogens (tertiary/aromatic N) is 2. The fraction of sp³-hybridized carbons (Fsp3) is 0.462. The van der Waals surface area contributed by atoms with Crippen LogP contribution in [-0.2, 0) is 10.0 Å². The quantitative estimate of drug-likeness (QED) is 0.826. The van der Waals surface area contributed by atoms with Gasteiger partial charge in [-0.05, 0) is 31.9 Å². The van der Waals surface area contributed by atoms with Gasteiger partial charge in [-0.1, -0.05) is 17.7 Å². The van der Waals surface area contributed by atoms with Crippen molar-refractivity contribution >= 4 is 16.1 Å².